The van der Waals surface area contributed by atoms with Gasteiger partial charge in [-0.2, -0.15) is 0 Å². The molecule has 0 atom stereocenters. The van der Waals surface area contributed by atoms with Gasteiger partial charge in [0.2, 0.25) is 0 Å². The van der Waals surface area contributed by atoms with Crippen LogP contribution in [0, 0.1) is 0 Å². The van der Waals surface area contributed by atoms with Gasteiger partial charge in [-0.3, -0.25) is 14.4 Å². The highest BCUT2D eigenvalue weighted by Crippen LogP contribution is 2.13. The Balaban J connectivity index is 2.18. The van der Waals surface area contributed by atoms with Crippen molar-refractivity contribution in [2.75, 3.05) is 5.32 Å². The van der Waals surface area contributed by atoms with Crippen LogP contribution in [0.3, 0.4) is 0 Å². The predicted octanol–water partition coefficient (Wildman–Crippen LogP) is 2.32. The minimum absolute atomic E-state index is 0.309. The van der Waals surface area contributed by atoms with Crippen LogP contribution < -0.4 is 5.32 Å². The van der Waals surface area contributed by atoms with E-state index >= 15 is 0 Å². The molecule has 0 aliphatic heterocycles. The first-order valence-corrected chi connectivity index (χ1v) is 5.67. The van der Waals surface area contributed by atoms with E-state index in [4.69, 9.17) is 0 Å². The van der Waals surface area contributed by atoms with Crippen molar-refractivity contribution >= 4 is 23.7 Å². The summed E-state index contributed by atoms with van der Waals surface area (Å²) in [6.07, 6.45) is 0.628. The lowest BCUT2D eigenvalue weighted by Gasteiger charge is -2.06. The van der Waals surface area contributed by atoms with Gasteiger partial charge in [0.15, 0.2) is 6.29 Å². The fourth-order valence-electron chi connectivity index (χ4n) is 1.61. The summed E-state index contributed by atoms with van der Waals surface area (Å²) in [6, 6.07) is 14.7. The lowest BCUT2D eigenvalue weighted by Crippen LogP contribution is -2.23. The van der Waals surface area contributed by atoms with Gasteiger partial charge in [-0.25, -0.2) is 0 Å². The third kappa shape index (κ3) is 2.93. The summed E-state index contributed by atoms with van der Waals surface area (Å²) < 4.78 is 0. The Morgan fingerprint density at radius 2 is 1.53 bits per heavy atom. The Morgan fingerprint density at radius 3 is 2.21 bits per heavy atom. The highest BCUT2D eigenvalue weighted by Gasteiger charge is 2.16. The van der Waals surface area contributed by atoms with Crippen molar-refractivity contribution in [3.8, 4) is 0 Å². The van der Waals surface area contributed by atoms with Gasteiger partial charge in [-0.05, 0) is 12.1 Å². The second-order valence-corrected chi connectivity index (χ2v) is 3.85. The Bertz CT molecular complexity index is 620. The number of benzene rings is 2. The number of Topliss-reactive ketones (excluding diaryl/α,β-unsaturated/α-hetero) is 1. The quantitative estimate of drug-likeness (QED) is 0.516. The first-order valence-electron chi connectivity index (χ1n) is 5.67. The average molecular weight is 253 g/mol. The molecule has 2 aromatic rings. The third-order valence-electron chi connectivity index (χ3n) is 2.58. The number of para-hydroxylation sites is 1. The smallest absolute Gasteiger partial charge is 0.296 e. The zero-order valence-electron chi connectivity index (χ0n) is 10.00. The van der Waals surface area contributed by atoms with Crippen molar-refractivity contribution in [1.82, 2.24) is 0 Å². The molecule has 0 spiro atoms. The van der Waals surface area contributed by atoms with Crippen LogP contribution >= 0.6 is 0 Å². The van der Waals surface area contributed by atoms with E-state index in [0.29, 0.717) is 23.1 Å². The number of carbonyl (C=O) groups excluding carboxylic acids is 3. The molecule has 0 heterocycles. The molecule has 4 heteroatoms. The van der Waals surface area contributed by atoms with Crippen molar-refractivity contribution in [1.29, 1.82) is 0 Å². The van der Waals surface area contributed by atoms with E-state index in [1.54, 1.807) is 54.6 Å². The molecule has 1 N–H and O–H groups in total. The van der Waals surface area contributed by atoms with Crippen molar-refractivity contribution in [3.05, 3.63) is 65.7 Å². The number of aldehydes is 1. The minimum Gasteiger partial charge on any atom is -0.318 e. The summed E-state index contributed by atoms with van der Waals surface area (Å²) >= 11 is 0. The number of amides is 1. The minimum atomic E-state index is -0.763. The molecule has 19 heavy (non-hydrogen) atoms. The topological polar surface area (TPSA) is 63.2 Å². The fraction of sp³-hybridized carbons (Fsp3) is 0. The van der Waals surface area contributed by atoms with Crippen molar-refractivity contribution in [2.24, 2.45) is 0 Å². The van der Waals surface area contributed by atoms with E-state index in [2.05, 4.69) is 5.32 Å². The van der Waals surface area contributed by atoms with E-state index in [0.717, 1.165) is 0 Å². The highest BCUT2D eigenvalue weighted by atomic mass is 16.2. The van der Waals surface area contributed by atoms with Crippen molar-refractivity contribution in [3.63, 3.8) is 0 Å². The van der Waals surface area contributed by atoms with E-state index in [1.165, 1.54) is 0 Å². The van der Waals surface area contributed by atoms with Crippen LogP contribution in [-0.2, 0) is 4.79 Å². The summed E-state index contributed by atoms with van der Waals surface area (Å²) in [4.78, 5) is 34.5. The van der Waals surface area contributed by atoms with Crippen LogP contribution in [0.1, 0.15) is 20.7 Å². The number of rotatable bonds is 4. The number of ketones is 1. The molecule has 1 amide bonds. The first-order chi connectivity index (χ1) is 9.22. The van der Waals surface area contributed by atoms with Gasteiger partial charge in [-0.1, -0.05) is 42.5 Å². The molecule has 0 saturated carbocycles. The SMILES string of the molecule is O=Cc1ccccc1NC(=O)C(=O)c1ccccc1. The molecular weight excluding hydrogens is 242 g/mol. The lowest BCUT2D eigenvalue weighted by atomic mass is 10.1. The first kappa shape index (κ1) is 12.7. The van der Waals surface area contributed by atoms with Crippen LogP contribution in [0.2, 0.25) is 0 Å². The normalized spacial score (nSPS) is 9.68. The molecule has 0 fully saturated rings. The molecule has 0 unspecified atom stereocenters. The molecule has 0 aliphatic rings. The van der Waals surface area contributed by atoms with Gasteiger partial charge in [0.05, 0.1) is 5.69 Å². The van der Waals surface area contributed by atoms with E-state index in [1.807, 2.05) is 0 Å². The summed E-state index contributed by atoms with van der Waals surface area (Å²) in [7, 11) is 0. The largest absolute Gasteiger partial charge is 0.318 e. The van der Waals surface area contributed by atoms with Crippen LogP contribution in [0.4, 0.5) is 5.69 Å². The molecule has 94 valence electrons. The number of carbonyl (C=O) groups is 3. The molecule has 0 saturated heterocycles. The highest BCUT2D eigenvalue weighted by molar-refractivity contribution is 6.46. The Hall–Kier alpha value is -2.75. The van der Waals surface area contributed by atoms with E-state index in [9.17, 15) is 14.4 Å². The molecule has 0 aromatic heterocycles. The van der Waals surface area contributed by atoms with Crippen LogP contribution in [0.25, 0.3) is 0 Å². The Morgan fingerprint density at radius 1 is 0.895 bits per heavy atom. The molecule has 4 nitrogen and oxygen atoms in total. The maximum absolute atomic E-state index is 11.8. The Kier molecular flexibility index (Phi) is 3.83. The van der Waals surface area contributed by atoms with E-state index < -0.39 is 11.7 Å². The summed E-state index contributed by atoms with van der Waals surface area (Å²) in [5, 5.41) is 2.44. The second kappa shape index (κ2) is 5.73. The predicted molar refractivity (Wildman–Crippen MR) is 71.2 cm³/mol. The molecule has 0 radical (unpaired) electrons. The van der Waals surface area contributed by atoms with Crippen LogP contribution in [0.15, 0.2) is 54.6 Å². The zero-order valence-corrected chi connectivity index (χ0v) is 10.00. The molecule has 0 aliphatic carbocycles. The summed E-state index contributed by atoms with van der Waals surface area (Å²) in [6.45, 7) is 0. The van der Waals surface area contributed by atoms with Gasteiger partial charge in [-0.15, -0.1) is 0 Å². The lowest BCUT2D eigenvalue weighted by molar-refractivity contribution is -0.112. The monoisotopic (exact) mass is 253 g/mol. The Labute approximate surface area is 110 Å². The van der Waals surface area contributed by atoms with Crippen LogP contribution in [0.5, 0.6) is 0 Å². The summed E-state index contributed by atoms with van der Waals surface area (Å²) in [5.74, 6) is -1.40. The van der Waals surface area contributed by atoms with Gasteiger partial charge in [0.25, 0.3) is 11.7 Å². The number of anilines is 1. The third-order valence-corrected chi connectivity index (χ3v) is 2.58. The molecule has 2 aromatic carbocycles. The van der Waals surface area contributed by atoms with Gasteiger partial charge in [0.1, 0.15) is 0 Å². The molecule has 2 rings (SSSR count). The number of hydrogen-bond donors (Lipinski definition) is 1. The van der Waals surface area contributed by atoms with Crippen molar-refractivity contribution in [2.45, 2.75) is 0 Å². The molecule has 0 bridgehead atoms. The maximum atomic E-state index is 11.8. The fourth-order valence-corrected chi connectivity index (χ4v) is 1.61. The second-order valence-electron chi connectivity index (χ2n) is 3.85. The standard InChI is InChI=1S/C15H11NO3/c17-10-12-8-4-5-9-13(12)16-15(19)14(18)11-6-2-1-3-7-11/h1-10H,(H,16,19). The number of hydrogen-bond acceptors (Lipinski definition) is 3. The number of nitrogens with one attached hydrogen (secondary N) is 1. The summed E-state index contributed by atoms with van der Waals surface area (Å²) in [5.41, 5.74) is 0.965. The average Bonchev–Trinajstić information content (AvgIpc) is 2.48. The van der Waals surface area contributed by atoms with E-state index in [-0.39, 0.29) is 0 Å². The van der Waals surface area contributed by atoms with Gasteiger partial charge < -0.3 is 5.32 Å². The van der Waals surface area contributed by atoms with Gasteiger partial charge in [0, 0.05) is 11.1 Å². The maximum Gasteiger partial charge on any atom is 0.296 e. The van der Waals surface area contributed by atoms with Gasteiger partial charge >= 0.3 is 0 Å². The van der Waals surface area contributed by atoms with Crippen molar-refractivity contribution < 1.29 is 14.4 Å². The molecular formula is C15H11NO3. The zero-order chi connectivity index (χ0) is 13.7. The van der Waals surface area contributed by atoms with Crippen LogP contribution in [-0.4, -0.2) is 18.0 Å².